The lowest BCUT2D eigenvalue weighted by Gasteiger charge is -2.17. The average molecular weight is 261 g/mol. The lowest BCUT2D eigenvalue weighted by molar-refractivity contribution is -0.117. The van der Waals surface area contributed by atoms with E-state index >= 15 is 0 Å². The van der Waals surface area contributed by atoms with Crippen molar-refractivity contribution in [2.45, 2.75) is 33.2 Å². The van der Waals surface area contributed by atoms with Crippen LogP contribution in [0.4, 0.5) is 5.69 Å². The van der Waals surface area contributed by atoms with Crippen molar-refractivity contribution >= 4 is 11.6 Å². The molecule has 1 aliphatic heterocycles. The molecule has 3 N–H and O–H groups in total. The third-order valence-electron chi connectivity index (χ3n) is 3.62. The molecule has 1 aliphatic rings. The van der Waals surface area contributed by atoms with Gasteiger partial charge in [-0.15, -0.1) is 0 Å². The van der Waals surface area contributed by atoms with Gasteiger partial charge in [-0.1, -0.05) is 17.7 Å². The summed E-state index contributed by atoms with van der Waals surface area (Å²) in [5.41, 5.74) is 10.2. The number of nitrogens with two attached hydrogens (primary N) is 1. The van der Waals surface area contributed by atoms with Crippen LogP contribution in [0.25, 0.3) is 0 Å². The van der Waals surface area contributed by atoms with Crippen LogP contribution >= 0.6 is 0 Å². The van der Waals surface area contributed by atoms with Crippen molar-refractivity contribution in [3.63, 3.8) is 0 Å². The highest BCUT2D eigenvalue weighted by Crippen LogP contribution is 2.22. The van der Waals surface area contributed by atoms with Gasteiger partial charge >= 0.3 is 0 Å². The molecule has 0 unspecified atom stereocenters. The van der Waals surface area contributed by atoms with Crippen LogP contribution < -0.4 is 11.1 Å². The van der Waals surface area contributed by atoms with Crippen molar-refractivity contribution in [2.24, 2.45) is 5.73 Å². The molecule has 0 radical (unpaired) electrons. The van der Waals surface area contributed by atoms with Gasteiger partial charge in [0, 0.05) is 24.8 Å². The summed E-state index contributed by atoms with van der Waals surface area (Å²) in [4.78, 5) is 14.2. The van der Waals surface area contributed by atoms with E-state index in [0.717, 1.165) is 36.3 Å². The van der Waals surface area contributed by atoms with Crippen LogP contribution in [-0.4, -0.2) is 36.5 Å². The Morgan fingerprint density at radius 1 is 1.37 bits per heavy atom. The molecule has 1 atom stereocenters. The molecule has 0 aliphatic carbocycles. The third kappa shape index (κ3) is 3.55. The summed E-state index contributed by atoms with van der Waals surface area (Å²) in [5, 5.41) is 3.03. The first-order valence-corrected chi connectivity index (χ1v) is 6.81. The summed E-state index contributed by atoms with van der Waals surface area (Å²) in [6.45, 7) is 8.29. The topological polar surface area (TPSA) is 58.4 Å². The zero-order valence-corrected chi connectivity index (χ0v) is 12.0. The normalized spacial score (nSPS) is 19.7. The molecular weight excluding hydrogens is 238 g/mol. The predicted molar refractivity (Wildman–Crippen MR) is 78.3 cm³/mol. The molecule has 1 aromatic carbocycles. The molecule has 19 heavy (non-hydrogen) atoms. The van der Waals surface area contributed by atoms with E-state index in [1.54, 1.807) is 0 Å². The number of anilines is 1. The highest BCUT2D eigenvalue weighted by atomic mass is 16.2. The van der Waals surface area contributed by atoms with Crippen LogP contribution in [-0.2, 0) is 4.79 Å². The average Bonchev–Trinajstić information content (AvgIpc) is 2.69. The number of aryl methyl sites for hydroxylation is 3. The Kier molecular flexibility index (Phi) is 4.22. The second-order valence-electron chi connectivity index (χ2n) is 5.61. The third-order valence-corrected chi connectivity index (χ3v) is 3.62. The number of carbonyl (C=O) groups excluding carboxylic acids is 1. The minimum Gasteiger partial charge on any atom is -0.326 e. The van der Waals surface area contributed by atoms with Gasteiger partial charge in [-0.2, -0.15) is 0 Å². The fourth-order valence-corrected chi connectivity index (χ4v) is 2.77. The second-order valence-corrected chi connectivity index (χ2v) is 5.61. The van der Waals surface area contributed by atoms with Crippen LogP contribution in [0.1, 0.15) is 23.1 Å². The van der Waals surface area contributed by atoms with E-state index in [4.69, 9.17) is 5.73 Å². The van der Waals surface area contributed by atoms with Crippen LogP contribution in [0, 0.1) is 20.8 Å². The zero-order chi connectivity index (χ0) is 14.0. The van der Waals surface area contributed by atoms with E-state index in [-0.39, 0.29) is 11.9 Å². The van der Waals surface area contributed by atoms with E-state index in [9.17, 15) is 4.79 Å². The van der Waals surface area contributed by atoms with Gasteiger partial charge in [0.2, 0.25) is 5.91 Å². The summed E-state index contributed by atoms with van der Waals surface area (Å²) in [6, 6.07) is 4.40. The van der Waals surface area contributed by atoms with E-state index in [2.05, 4.69) is 29.3 Å². The molecule has 1 amide bonds. The molecule has 4 nitrogen and oxygen atoms in total. The number of benzene rings is 1. The molecule has 0 spiro atoms. The maximum absolute atomic E-state index is 12.1. The number of hydrogen-bond donors (Lipinski definition) is 2. The van der Waals surface area contributed by atoms with E-state index < -0.39 is 0 Å². The smallest absolute Gasteiger partial charge is 0.238 e. The van der Waals surface area contributed by atoms with Crippen molar-refractivity contribution in [3.8, 4) is 0 Å². The number of hydrogen-bond acceptors (Lipinski definition) is 3. The molecule has 2 rings (SSSR count). The Hall–Kier alpha value is -1.39. The second kappa shape index (κ2) is 5.72. The summed E-state index contributed by atoms with van der Waals surface area (Å²) >= 11 is 0. The largest absolute Gasteiger partial charge is 0.326 e. The van der Waals surface area contributed by atoms with Crippen molar-refractivity contribution in [2.75, 3.05) is 25.0 Å². The quantitative estimate of drug-likeness (QED) is 0.868. The highest BCUT2D eigenvalue weighted by molar-refractivity contribution is 5.93. The summed E-state index contributed by atoms with van der Waals surface area (Å²) in [5.74, 6) is 0.0455. The van der Waals surface area contributed by atoms with Gasteiger partial charge in [0.25, 0.3) is 0 Å². The summed E-state index contributed by atoms with van der Waals surface area (Å²) in [7, 11) is 0. The summed E-state index contributed by atoms with van der Waals surface area (Å²) in [6.07, 6.45) is 0.982. The zero-order valence-electron chi connectivity index (χ0n) is 12.0. The van der Waals surface area contributed by atoms with Crippen LogP contribution in [0.5, 0.6) is 0 Å². The van der Waals surface area contributed by atoms with Gasteiger partial charge < -0.3 is 11.1 Å². The Morgan fingerprint density at radius 2 is 2.00 bits per heavy atom. The Morgan fingerprint density at radius 3 is 2.53 bits per heavy atom. The Labute approximate surface area is 115 Å². The van der Waals surface area contributed by atoms with Crippen LogP contribution in [0.2, 0.25) is 0 Å². The molecule has 4 heteroatoms. The minimum atomic E-state index is 0.0455. The van der Waals surface area contributed by atoms with Gasteiger partial charge in [0.05, 0.1) is 6.54 Å². The number of nitrogens with zero attached hydrogens (tertiary/aromatic N) is 1. The van der Waals surface area contributed by atoms with Gasteiger partial charge in [0.1, 0.15) is 0 Å². The standard InChI is InChI=1S/C15H23N3O/c1-10-6-11(2)15(12(3)7-10)17-14(19)9-18-5-4-13(16)8-18/h6-7,13H,4-5,8-9,16H2,1-3H3,(H,17,19)/t13-/m0/s1. The molecule has 1 heterocycles. The Balaban J connectivity index is 1.99. The fourth-order valence-electron chi connectivity index (χ4n) is 2.77. The van der Waals surface area contributed by atoms with Crippen LogP contribution in [0.3, 0.4) is 0 Å². The highest BCUT2D eigenvalue weighted by Gasteiger charge is 2.21. The molecule has 1 fully saturated rings. The lowest BCUT2D eigenvalue weighted by atomic mass is 10.1. The van der Waals surface area contributed by atoms with E-state index in [1.807, 2.05) is 13.8 Å². The minimum absolute atomic E-state index is 0.0455. The van der Waals surface area contributed by atoms with Crippen molar-refractivity contribution in [3.05, 3.63) is 28.8 Å². The number of rotatable bonds is 3. The number of likely N-dealkylation sites (tertiary alicyclic amines) is 1. The first-order valence-electron chi connectivity index (χ1n) is 6.81. The molecule has 1 aromatic rings. The van der Waals surface area contributed by atoms with Gasteiger partial charge in [0.15, 0.2) is 0 Å². The molecule has 104 valence electrons. The Bertz CT molecular complexity index is 461. The van der Waals surface area contributed by atoms with E-state index in [1.165, 1.54) is 5.56 Å². The maximum Gasteiger partial charge on any atom is 0.238 e. The van der Waals surface area contributed by atoms with Crippen LogP contribution in [0.15, 0.2) is 12.1 Å². The molecule has 1 saturated heterocycles. The van der Waals surface area contributed by atoms with Crippen molar-refractivity contribution in [1.29, 1.82) is 0 Å². The molecule has 0 bridgehead atoms. The van der Waals surface area contributed by atoms with Gasteiger partial charge in [-0.25, -0.2) is 0 Å². The molecule has 0 aromatic heterocycles. The molecular formula is C15H23N3O. The van der Waals surface area contributed by atoms with Crippen molar-refractivity contribution < 1.29 is 4.79 Å². The first-order chi connectivity index (χ1) is 8.95. The predicted octanol–water partition coefficient (Wildman–Crippen LogP) is 1.58. The monoisotopic (exact) mass is 261 g/mol. The fraction of sp³-hybridized carbons (Fsp3) is 0.533. The van der Waals surface area contributed by atoms with E-state index in [0.29, 0.717) is 6.54 Å². The maximum atomic E-state index is 12.1. The number of nitrogens with one attached hydrogen (secondary N) is 1. The summed E-state index contributed by atoms with van der Waals surface area (Å²) < 4.78 is 0. The number of carbonyl (C=O) groups is 1. The SMILES string of the molecule is Cc1cc(C)c(NC(=O)CN2CC[C@H](N)C2)c(C)c1. The lowest BCUT2D eigenvalue weighted by Crippen LogP contribution is -2.34. The molecule has 0 saturated carbocycles. The van der Waals surface area contributed by atoms with Gasteiger partial charge in [-0.3, -0.25) is 9.69 Å². The van der Waals surface area contributed by atoms with Crippen molar-refractivity contribution in [1.82, 2.24) is 4.90 Å². The van der Waals surface area contributed by atoms with Gasteiger partial charge in [-0.05, 0) is 38.3 Å². The number of amides is 1. The first kappa shape index (κ1) is 14.0.